The van der Waals surface area contributed by atoms with Crippen molar-refractivity contribution in [2.45, 2.75) is 37.4 Å². The highest BCUT2D eigenvalue weighted by Crippen LogP contribution is 2.44. The Bertz CT molecular complexity index is 768. The van der Waals surface area contributed by atoms with Crippen LogP contribution < -0.4 is 11.1 Å². The Morgan fingerprint density at radius 1 is 1.36 bits per heavy atom. The van der Waals surface area contributed by atoms with E-state index in [9.17, 15) is 18.0 Å². The van der Waals surface area contributed by atoms with Gasteiger partial charge in [0.15, 0.2) is 0 Å². The van der Waals surface area contributed by atoms with Crippen LogP contribution in [0.15, 0.2) is 29.6 Å². The van der Waals surface area contributed by atoms with Gasteiger partial charge in [-0.2, -0.15) is 13.2 Å². The van der Waals surface area contributed by atoms with Gasteiger partial charge >= 0.3 is 6.18 Å². The van der Waals surface area contributed by atoms with Gasteiger partial charge in [0.05, 0.1) is 5.56 Å². The van der Waals surface area contributed by atoms with E-state index in [1.807, 2.05) is 0 Å². The molecule has 1 aliphatic rings. The second-order valence-electron chi connectivity index (χ2n) is 6.23. The summed E-state index contributed by atoms with van der Waals surface area (Å²) in [6.45, 7) is 0.564. The molecule has 0 spiro atoms. The first kappa shape index (κ1) is 17.9. The average molecular weight is 369 g/mol. The zero-order valence-electron chi connectivity index (χ0n) is 13.4. The van der Waals surface area contributed by atoms with Crippen LogP contribution in [0.1, 0.15) is 45.9 Å². The summed E-state index contributed by atoms with van der Waals surface area (Å²) in [5.74, 6) is -0.325. The lowest BCUT2D eigenvalue weighted by atomic mass is 9.64. The summed E-state index contributed by atoms with van der Waals surface area (Å²) in [6.07, 6.45) is -1.94. The molecule has 0 saturated heterocycles. The van der Waals surface area contributed by atoms with Crippen LogP contribution in [0.25, 0.3) is 0 Å². The molecule has 8 heteroatoms. The fourth-order valence-corrected chi connectivity index (χ4v) is 3.70. The van der Waals surface area contributed by atoms with Gasteiger partial charge < -0.3 is 11.1 Å². The van der Waals surface area contributed by atoms with Crippen LogP contribution in [0.2, 0.25) is 0 Å². The largest absolute Gasteiger partial charge is 0.416 e. The van der Waals surface area contributed by atoms with E-state index in [1.54, 1.807) is 11.4 Å². The van der Waals surface area contributed by atoms with E-state index in [0.717, 1.165) is 25.3 Å². The summed E-state index contributed by atoms with van der Waals surface area (Å²) in [6, 6.07) is 5.39. The standard InChI is InChI=1S/C17H18F3N3OS/c18-17(19,20)12-4-1-3-11(7-12)16(5-2-6-16)10-22-15(24)13-9-25-14(8-21)23-13/h1,3-4,7,9H,2,5-6,8,10,21H2,(H,22,24). The molecule has 1 fully saturated rings. The third-order valence-corrected chi connectivity index (χ3v) is 5.53. The number of rotatable bonds is 5. The Labute approximate surface area is 147 Å². The Kier molecular flexibility index (Phi) is 4.83. The van der Waals surface area contributed by atoms with Crippen molar-refractivity contribution >= 4 is 17.2 Å². The molecule has 1 saturated carbocycles. The SMILES string of the molecule is NCc1nc(C(=O)NCC2(c3cccc(C(F)(F)F)c3)CCC2)cs1. The van der Waals surface area contributed by atoms with Gasteiger partial charge in [0.1, 0.15) is 10.7 Å². The lowest BCUT2D eigenvalue weighted by Gasteiger charge is -2.42. The fourth-order valence-electron chi connectivity index (χ4n) is 3.05. The summed E-state index contributed by atoms with van der Waals surface area (Å²) >= 11 is 1.31. The van der Waals surface area contributed by atoms with Gasteiger partial charge in [0.2, 0.25) is 0 Å². The molecule has 3 N–H and O–H groups in total. The van der Waals surface area contributed by atoms with Crippen LogP contribution in [0.5, 0.6) is 0 Å². The predicted octanol–water partition coefficient (Wildman–Crippen LogP) is 3.47. The van der Waals surface area contributed by atoms with E-state index in [2.05, 4.69) is 10.3 Å². The van der Waals surface area contributed by atoms with Crippen LogP contribution in [-0.4, -0.2) is 17.4 Å². The van der Waals surface area contributed by atoms with Crippen molar-refractivity contribution in [2.75, 3.05) is 6.54 Å². The first-order chi connectivity index (χ1) is 11.8. The Morgan fingerprint density at radius 3 is 2.68 bits per heavy atom. The van der Waals surface area contributed by atoms with Crippen molar-refractivity contribution in [1.82, 2.24) is 10.3 Å². The monoisotopic (exact) mass is 369 g/mol. The van der Waals surface area contributed by atoms with Crippen LogP contribution in [-0.2, 0) is 18.1 Å². The van der Waals surface area contributed by atoms with Gasteiger partial charge in [-0.15, -0.1) is 11.3 Å². The lowest BCUT2D eigenvalue weighted by molar-refractivity contribution is -0.137. The van der Waals surface area contributed by atoms with Gasteiger partial charge in [-0.3, -0.25) is 4.79 Å². The molecular weight excluding hydrogens is 351 g/mol. The minimum atomic E-state index is -4.37. The molecule has 0 unspecified atom stereocenters. The van der Waals surface area contributed by atoms with Gasteiger partial charge in [0, 0.05) is 23.9 Å². The summed E-state index contributed by atoms with van der Waals surface area (Å²) in [5, 5.41) is 5.12. The topological polar surface area (TPSA) is 68.0 Å². The lowest BCUT2D eigenvalue weighted by Crippen LogP contribution is -2.45. The Morgan fingerprint density at radius 2 is 2.12 bits per heavy atom. The van der Waals surface area contributed by atoms with E-state index in [1.165, 1.54) is 23.5 Å². The van der Waals surface area contributed by atoms with Crippen LogP contribution in [0.3, 0.4) is 0 Å². The normalized spacial score (nSPS) is 16.3. The number of hydrogen-bond acceptors (Lipinski definition) is 4. The highest BCUT2D eigenvalue weighted by molar-refractivity contribution is 7.09. The van der Waals surface area contributed by atoms with Crippen molar-refractivity contribution < 1.29 is 18.0 Å². The molecule has 0 radical (unpaired) electrons. The number of alkyl halides is 3. The van der Waals surface area contributed by atoms with E-state index in [-0.39, 0.29) is 12.5 Å². The second kappa shape index (κ2) is 6.76. The summed E-state index contributed by atoms with van der Waals surface area (Å²) in [5.41, 5.74) is 5.30. The Balaban J connectivity index is 1.74. The quantitative estimate of drug-likeness (QED) is 0.848. The van der Waals surface area contributed by atoms with Crippen LogP contribution in [0.4, 0.5) is 13.2 Å². The molecule has 134 valence electrons. The summed E-state index contributed by atoms with van der Waals surface area (Å²) in [7, 11) is 0. The minimum Gasteiger partial charge on any atom is -0.350 e. The number of aromatic nitrogens is 1. The Hall–Kier alpha value is -1.93. The number of benzene rings is 1. The maximum atomic E-state index is 13.0. The predicted molar refractivity (Wildman–Crippen MR) is 89.3 cm³/mol. The number of nitrogens with two attached hydrogens (primary N) is 1. The molecule has 2 aromatic rings. The third kappa shape index (κ3) is 3.69. The molecule has 0 bridgehead atoms. The first-order valence-corrected chi connectivity index (χ1v) is 8.82. The van der Waals surface area contributed by atoms with Crippen molar-refractivity contribution in [2.24, 2.45) is 5.73 Å². The van der Waals surface area contributed by atoms with Crippen molar-refractivity contribution in [3.63, 3.8) is 0 Å². The van der Waals surface area contributed by atoms with Crippen LogP contribution in [0, 0.1) is 0 Å². The number of nitrogens with one attached hydrogen (secondary N) is 1. The van der Waals surface area contributed by atoms with Gasteiger partial charge in [-0.25, -0.2) is 4.98 Å². The highest BCUT2D eigenvalue weighted by Gasteiger charge is 2.40. The van der Waals surface area contributed by atoms with E-state index < -0.39 is 17.2 Å². The summed E-state index contributed by atoms with van der Waals surface area (Å²) in [4.78, 5) is 16.4. The maximum absolute atomic E-state index is 13.0. The molecule has 25 heavy (non-hydrogen) atoms. The van der Waals surface area contributed by atoms with Crippen LogP contribution >= 0.6 is 11.3 Å². The zero-order chi connectivity index (χ0) is 18.1. The molecule has 1 heterocycles. The minimum absolute atomic E-state index is 0.270. The van der Waals surface area contributed by atoms with E-state index in [4.69, 9.17) is 5.73 Å². The van der Waals surface area contributed by atoms with Gasteiger partial charge in [-0.1, -0.05) is 24.6 Å². The number of nitrogens with zero attached hydrogens (tertiary/aromatic N) is 1. The molecule has 1 amide bonds. The van der Waals surface area contributed by atoms with Crippen molar-refractivity contribution in [1.29, 1.82) is 0 Å². The van der Waals surface area contributed by atoms with Gasteiger partial charge in [0.25, 0.3) is 5.91 Å². The summed E-state index contributed by atoms with van der Waals surface area (Å²) < 4.78 is 38.9. The number of carbonyl (C=O) groups is 1. The first-order valence-electron chi connectivity index (χ1n) is 7.94. The number of amides is 1. The number of thiazole rings is 1. The molecule has 4 nitrogen and oxygen atoms in total. The van der Waals surface area contributed by atoms with Crippen molar-refractivity contribution in [3.05, 3.63) is 51.5 Å². The molecule has 1 aromatic carbocycles. The molecule has 3 rings (SSSR count). The second-order valence-corrected chi connectivity index (χ2v) is 7.17. The number of carbonyl (C=O) groups excluding carboxylic acids is 1. The van der Waals surface area contributed by atoms with Crippen molar-refractivity contribution in [3.8, 4) is 0 Å². The van der Waals surface area contributed by atoms with E-state index >= 15 is 0 Å². The number of hydrogen-bond donors (Lipinski definition) is 2. The molecule has 0 atom stereocenters. The highest BCUT2D eigenvalue weighted by atomic mass is 32.1. The zero-order valence-corrected chi connectivity index (χ0v) is 14.2. The average Bonchev–Trinajstić information content (AvgIpc) is 3.02. The smallest absolute Gasteiger partial charge is 0.350 e. The maximum Gasteiger partial charge on any atom is 0.416 e. The fraction of sp³-hybridized carbons (Fsp3) is 0.412. The molecule has 1 aromatic heterocycles. The number of halogens is 3. The molecule has 0 aliphatic heterocycles. The third-order valence-electron chi connectivity index (χ3n) is 4.66. The van der Waals surface area contributed by atoms with E-state index in [0.29, 0.717) is 22.8 Å². The van der Waals surface area contributed by atoms with Gasteiger partial charge in [-0.05, 0) is 24.5 Å². The molecule has 1 aliphatic carbocycles. The molecular formula is C17H18F3N3OS.